The Morgan fingerprint density at radius 3 is 2.41 bits per heavy atom. The van der Waals surface area contributed by atoms with Crippen LogP contribution in [-0.4, -0.2) is 21.2 Å². The topological polar surface area (TPSA) is 92.6 Å². The highest BCUT2D eigenvalue weighted by atomic mass is 35.5. The van der Waals surface area contributed by atoms with Crippen LogP contribution in [0.2, 0.25) is 5.02 Å². The van der Waals surface area contributed by atoms with E-state index in [-0.39, 0.29) is 15.5 Å². The molecule has 0 spiro atoms. The Morgan fingerprint density at radius 1 is 0.969 bits per heavy atom. The molecule has 0 aliphatic rings. The fraction of sp³-hybridized carbons (Fsp3) is 0.130. The summed E-state index contributed by atoms with van der Waals surface area (Å²) in [6.45, 7) is 5.47. The number of carbonyl (C=O) groups excluding carboxylic acids is 2. The molecule has 0 fully saturated rings. The predicted octanol–water partition coefficient (Wildman–Crippen LogP) is 4.84. The molecule has 0 saturated carbocycles. The summed E-state index contributed by atoms with van der Waals surface area (Å²) in [4.78, 5) is 43.9. The van der Waals surface area contributed by atoms with Gasteiger partial charge in [0.15, 0.2) is 4.96 Å². The Kier molecular flexibility index (Phi) is 5.82. The lowest BCUT2D eigenvalue weighted by Gasteiger charge is -2.11. The summed E-state index contributed by atoms with van der Waals surface area (Å²) in [5.41, 5.74) is 2.95. The molecular formula is C23H19ClN4O3S. The second-order valence-corrected chi connectivity index (χ2v) is 8.78. The van der Waals surface area contributed by atoms with Gasteiger partial charge in [0.05, 0.1) is 0 Å². The normalized spacial score (nSPS) is 10.9. The van der Waals surface area contributed by atoms with Gasteiger partial charge in [-0.1, -0.05) is 35.1 Å². The summed E-state index contributed by atoms with van der Waals surface area (Å²) in [6, 6.07) is 13.6. The van der Waals surface area contributed by atoms with Crippen molar-refractivity contribution in [3.05, 3.63) is 91.3 Å². The Morgan fingerprint density at radius 2 is 1.69 bits per heavy atom. The zero-order chi connectivity index (χ0) is 23.0. The summed E-state index contributed by atoms with van der Waals surface area (Å²) in [6.07, 6.45) is 0. The van der Waals surface area contributed by atoms with Crippen LogP contribution in [0.15, 0.2) is 53.3 Å². The van der Waals surface area contributed by atoms with Crippen molar-refractivity contribution < 1.29 is 9.59 Å². The minimum atomic E-state index is -0.570. The summed E-state index contributed by atoms with van der Waals surface area (Å²) >= 11 is 6.89. The summed E-state index contributed by atoms with van der Waals surface area (Å²) in [5.74, 6) is -1.09. The third kappa shape index (κ3) is 4.28. The molecule has 0 aliphatic carbocycles. The number of halogens is 1. The van der Waals surface area contributed by atoms with Gasteiger partial charge in [-0.15, -0.1) is 0 Å². The van der Waals surface area contributed by atoms with Crippen molar-refractivity contribution in [1.82, 2.24) is 9.38 Å². The minimum Gasteiger partial charge on any atom is -0.321 e. The number of hydrogen-bond donors (Lipinski definition) is 2. The lowest BCUT2D eigenvalue weighted by atomic mass is 10.1. The Bertz CT molecular complexity index is 1420. The molecule has 9 heteroatoms. The lowest BCUT2D eigenvalue weighted by molar-refractivity contribution is 0.0989. The Labute approximate surface area is 192 Å². The lowest BCUT2D eigenvalue weighted by Crippen LogP contribution is -2.25. The average molecular weight is 467 g/mol. The first-order valence-corrected chi connectivity index (χ1v) is 10.9. The third-order valence-electron chi connectivity index (χ3n) is 4.81. The van der Waals surface area contributed by atoms with Crippen molar-refractivity contribution in [2.45, 2.75) is 20.8 Å². The number of rotatable bonds is 4. The van der Waals surface area contributed by atoms with Gasteiger partial charge in [-0.3, -0.25) is 14.4 Å². The largest absolute Gasteiger partial charge is 0.321 e. The first kappa shape index (κ1) is 21.7. The molecule has 4 aromatic rings. The second-order valence-electron chi connectivity index (χ2n) is 7.37. The van der Waals surface area contributed by atoms with Crippen molar-refractivity contribution in [3.63, 3.8) is 0 Å². The van der Waals surface area contributed by atoms with Crippen LogP contribution < -0.4 is 16.2 Å². The summed E-state index contributed by atoms with van der Waals surface area (Å²) in [5, 5.41) is 6.12. The highest BCUT2D eigenvalue weighted by molar-refractivity contribution is 7.19. The van der Waals surface area contributed by atoms with Crippen LogP contribution in [0.1, 0.15) is 37.0 Å². The van der Waals surface area contributed by atoms with Crippen molar-refractivity contribution in [2.75, 3.05) is 10.6 Å². The van der Waals surface area contributed by atoms with E-state index in [2.05, 4.69) is 15.6 Å². The van der Waals surface area contributed by atoms with Crippen molar-refractivity contribution >= 4 is 51.1 Å². The van der Waals surface area contributed by atoms with Gasteiger partial charge in [0.2, 0.25) is 0 Å². The van der Waals surface area contributed by atoms with E-state index in [1.54, 1.807) is 31.2 Å². The molecule has 32 heavy (non-hydrogen) atoms. The van der Waals surface area contributed by atoms with Crippen LogP contribution in [0.5, 0.6) is 0 Å². The highest BCUT2D eigenvalue weighted by Crippen LogP contribution is 2.25. The number of thiazole rings is 1. The highest BCUT2D eigenvalue weighted by Gasteiger charge is 2.26. The second kappa shape index (κ2) is 8.57. The zero-order valence-corrected chi connectivity index (χ0v) is 19.1. The fourth-order valence-electron chi connectivity index (χ4n) is 3.22. The van der Waals surface area contributed by atoms with Crippen LogP contribution >= 0.6 is 22.9 Å². The van der Waals surface area contributed by atoms with Crippen LogP contribution in [0.4, 0.5) is 11.4 Å². The van der Waals surface area contributed by atoms with Crippen LogP contribution in [0.3, 0.4) is 0 Å². The quantitative estimate of drug-likeness (QED) is 0.450. The maximum Gasteiger partial charge on any atom is 0.274 e. The minimum absolute atomic E-state index is 0.0603. The molecular weight excluding hydrogens is 448 g/mol. The van der Waals surface area contributed by atoms with Crippen LogP contribution in [-0.2, 0) is 0 Å². The van der Waals surface area contributed by atoms with E-state index < -0.39 is 17.4 Å². The van der Waals surface area contributed by atoms with Gasteiger partial charge in [0.1, 0.15) is 10.6 Å². The van der Waals surface area contributed by atoms with Crippen molar-refractivity contribution in [2.24, 2.45) is 0 Å². The molecule has 2 heterocycles. The van der Waals surface area contributed by atoms with E-state index in [0.29, 0.717) is 22.1 Å². The van der Waals surface area contributed by atoms with Crippen molar-refractivity contribution in [3.8, 4) is 0 Å². The molecule has 2 aromatic carbocycles. The molecule has 0 aliphatic heterocycles. The molecule has 4 rings (SSSR count). The maximum absolute atomic E-state index is 13.3. The third-order valence-corrected chi connectivity index (χ3v) is 6.10. The smallest absolute Gasteiger partial charge is 0.274 e. The van der Waals surface area contributed by atoms with E-state index in [0.717, 1.165) is 22.5 Å². The number of fused-ring (bicyclic) bond motifs is 1. The van der Waals surface area contributed by atoms with Gasteiger partial charge in [-0.25, -0.2) is 9.38 Å². The van der Waals surface area contributed by atoms with E-state index in [1.165, 1.54) is 10.5 Å². The molecule has 162 valence electrons. The average Bonchev–Trinajstić information content (AvgIpc) is 3.12. The van der Waals surface area contributed by atoms with Gasteiger partial charge < -0.3 is 10.6 Å². The monoisotopic (exact) mass is 466 g/mol. The van der Waals surface area contributed by atoms with Gasteiger partial charge in [-0.05, 0) is 62.2 Å². The van der Waals surface area contributed by atoms with Gasteiger partial charge in [0, 0.05) is 28.2 Å². The molecule has 7 nitrogen and oxygen atoms in total. The molecule has 0 unspecified atom stereocenters. The Balaban J connectivity index is 1.81. The van der Waals surface area contributed by atoms with E-state index >= 15 is 0 Å². The van der Waals surface area contributed by atoms with Gasteiger partial charge >= 0.3 is 0 Å². The van der Waals surface area contributed by atoms with Crippen molar-refractivity contribution in [1.29, 1.82) is 0 Å². The first-order chi connectivity index (χ1) is 15.2. The fourth-order valence-corrected chi connectivity index (χ4v) is 4.41. The standard InChI is InChI=1S/C23H19ClN4O3S/c1-12-4-5-13(2)17(10-12)27-21(30)19-20(22(31)26-16-8-6-15(24)7-9-16)32-23-25-14(3)11-18(29)28(19)23/h4-11H,1-3H3,(H,26,31)(H,27,30). The number of carbonyl (C=O) groups is 2. The molecule has 0 bridgehead atoms. The SMILES string of the molecule is Cc1ccc(C)c(NC(=O)c2c(C(=O)Nc3ccc(Cl)cc3)sc3nc(C)cc(=O)n23)c1. The van der Waals surface area contributed by atoms with E-state index in [1.807, 2.05) is 32.0 Å². The number of nitrogens with one attached hydrogen (secondary N) is 2. The molecule has 2 N–H and O–H groups in total. The van der Waals surface area contributed by atoms with Crippen LogP contribution in [0, 0.1) is 20.8 Å². The maximum atomic E-state index is 13.3. The number of aromatic nitrogens is 2. The number of aryl methyl sites for hydroxylation is 3. The summed E-state index contributed by atoms with van der Waals surface area (Å²) in [7, 11) is 0. The first-order valence-electron chi connectivity index (χ1n) is 9.71. The number of nitrogens with zero attached hydrogens (tertiary/aromatic N) is 2. The molecule has 0 saturated heterocycles. The predicted molar refractivity (Wildman–Crippen MR) is 127 cm³/mol. The molecule has 0 radical (unpaired) electrons. The van der Waals surface area contributed by atoms with Crippen LogP contribution in [0.25, 0.3) is 4.96 Å². The van der Waals surface area contributed by atoms with Gasteiger partial charge in [0.25, 0.3) is 17.4 Å². The molecule has 2 aromatic heterocycles. The van der Waals surface area contributed by atoms with E-state index in [9.17, 15) is 14.4 Å². The number of hydrogen-bond acceptors (Lipinski definition) is 5. The molecule has 0 atom stereocenters. The number of amides is 2. The number of anilines is 2. The Hall–Kier alpha value is -3.49. The number of benzene rings is 2. The zero-order valence-electron chi connectivity index (χ0n) is 17.5. The van der Waals surface area contributed by atoms with Gasteiger partial charge in [-0.2, -0.15) is 0 Å². The summed E-state index contributed by atoms with van der Waals surface area (Å²) < 4.78 is 1.18. The molecule has 2 amide bonds. The van der Waals surface area contributed by atoms with E-state index in [4.69, 9.17) is 11.6 Å².